The molecule has 1 amide bonds. The van der Waals surface area contributed by atoms with Crippen molar-refractivity contribution in [1.29, 1.82) is 0 Å². The number of guanidine groups is 1. The Balaban J connectivity index is 2.64. The molecule has 0 atom stereocenters. The Labute approximate surface area is 139 Å². The third-order valence-electron chi connectivity index (χ3n) is 3.54. The maximum absolute atomic E-state index is 12.0. The van der Waals surface area contributed by atoms with Crippen LogP contribution in [0.2, 0.25) is 0 Å². The van der Waals surface area contributed by atoms with Crippen LogP contribution in [0.15, 0.2) is 4.99 Å². The Kier molecular flexibility index (Phi) is 7.28. The first kappa shape index (κ1) is 19.7. The van der Waals surface area contributed by atoms with E-state index in [2.05, 4.69) is 15.6 Å². The summed E-state index contributed by atoms with van der Waals surface area (Å²) in [6, 6.07) is 0. The number of likely N-dealkylation sites (N-methyl/N-ethyl adjacent to an activating group) is 1. The van der Waals surface area contributed by atoms with Gasteiger partial charge in [-0.25, -0.2) is 0 Å². The predicted molar refractivity (Wildman–Crippen MR) is 91.5 cm³/mol. The van der Waals surface area contributed by atoms with Gasteiger partial charge in [0, 0.05) is 45.2 Å². The smallest absolute Gasteiger partial charge is 0.240 e. The summed E-state index contributed by atoms with van der Waals surface area (Å²) in [5, 5.41) is 16.6. The van der Waals surface area contributed by atoms with Crippen molar-refractivity contribution in [2.45, 2.75) is 51.7 Å². The van der Waals surface area contributed by atoms with Gasteiger partial charge in [-0.2, -0.15) is 0 Å². The van der Waals surface area contributed by atoms with Crippen LogP contribution in [0.4, 0.5) is 0 Å². The van der Waals surface area contributed by atoms with Crippen molar-refractivity contribution in [3.05, 3.63) is 0 Å². The van der Waals surface area contributed by atoms with Crippen LogP contribution in [0.25, 0.3) is 0 Å². The first-order valence-corrected chi connectivity index (χ1v) is 8.26. The lowest BCUT2D eigenvalue weighted by molar-refractivity contribution is -0.122. The van der Waals surface area contributed by atoms with Gasteiger partial charge < -0.3 is 25.4 Å². The first-order chi connectivity index (χ1) is 10.7. The highest BCUT2D eigenvalue weighted by Gasteiger charge is 2.29. The van der Waals surface area contributed by atoms with Crippen LogP contribution in [-0.4, -0.2) is 72.9 Å². The van der Waals surface area contributed by atoms with Crippen molar-refractivity contribution >= 4 is 11.9 Å². The van der Waals surface area contributed by atoms with Gasteiger partial charge in [0.25, 0.3) is 0 Å². The molecular formula is C16H32N4O3. The molecule has 0 radical (unpaired) electrons. The fraction of sp³-hybridized carbons (Fsp3) is 0.875. The van der Waals surface area contributed by atoms with Crippen molar-refractivity contribution < 1.29 is 14.6 Å². The molecule has 7 nitrogen and oxygen atoms in total. The zero-order valence-corrected chi connectivity index (χ0v) is 15.1. The summed E-state index contributed by atoms with van der Waals surface area (Å²) >= 11 is 0. The number of carbonyl (C=O) groups is 1. The van der Waals surface area contributed by atoms with E-state index in [0.717, 1.165) is 0 Å². The van der Waals surface area contributed by atoms with Gasteiger partial charge in [-0.15, -0.1) is 0 Å². The van der Waals surface area contributed by atoms with E-state index < -0.39 is 5.60 Å². The number of carbonyl (C=O) groups excluding carboxylic acids is 1. The van der Waals surface area contributed by atoms with Crippen molar-refractivity contribution in [1.82, 2.24) is 15.5 Å². The van der Waals surface area contributed by atoms with Crippen LogP contribution >= 0.6 is 0 Å². The van der Waals surface area contributed by atoms with Crippen molar-refractivity contribution in [3.8, 4) is 0 Å². The standard InChI is InChI=1S/C16H32N4O3/c1-6-17-14(18-12-16(22)7-9-23-10-8-16)20(5)11-13(21)19-15(2,3)4/h22H,6-12H2,1-5H3,(H,17,18)(H,19,21). The van der Waals surface area contributed by atoms with Crippen LogP contribution in [0.5, 0.6) is 0 Å². The molecule has 23 heavy (non-hydrogen) atoms. The molecule has 1 rings (SSSR count). The third kappa shape index (κ3) is 7.65. The molecule has 0 spiro atoms. The maximum Gasteiger partial charge on any atom is 0.240 e. The minimum atomic E-state index is -0.812. The van der Waals surface area contributed by atoms with E-state index >= 15 is 0 Å². The fourth-order valence-electron chi connectivity index (χ4n) is 2.35. The Hall–Kier alpha value is -1.34. The van der Waals surface area contributed by atoms with Gasteiger partial charge in [-0.05, 0) is 27.7 Å². The maximum atomic E-state index is 12.0. The summed E-state index contributed by atoms with van der Waals surface area (Å²) in [6.45, 7) is 10.2. The van der Waals surface area contributed by atoms with Crippen LogP contribution in [0, 0.1) is 0 Å². The van der Waals surface area contributed by atoms with E-state index in [9.17, 15) is 9.90 Å². The molecule has 1 heterocycles. The molecule has 0 bridgehead atoms. The first-order valence-electron chi connectivity index (χ1n) is 8.26. The quantitative estimate of drug-likeness (QED) is 0.500. The minimum absolute atomic E-state index is 0.0598. The molecule has 0 aromatic rings. The van der Waals surface area contributed by atoms with E-state index in [1.54, 1.807) is 4.90 Å². The van der Waals surface area contributed by atoms with Crippen LogP contribution in [0.1, 0.15) is 40.5 Å². The number of hydrogen-bond acceptors (Lipinski definition) is 4. The zero-order valence-electron chi connectivity index (χ0n) is 15.1. The van der Waals surface area contributed by atoms with Crippen LogP contribution in [0.3, 0.4) is 0 Å². The van der Waals surface area contributed by atoms with Crippen molar-refractivity contribution in [3.63, 3.8) is 0 Å². The summed E-state index contributed by atoms with van der Waals surface area (Å²) in [6.07, 6.45) is 1.17. The summed E-state index contributed by atoms with van der Waals surface area (Å²) < 4.78 is 5.28. The second kappa shape index (κ2) is 8.49. The lowest BCUT2D eigenvalue weighted by Crippen LogP contribution is -2.49. The van der Waals surface area contributed by atoms with E-state index in [-0.39, 0.29) is 18.0 Å². The number of rotatable bonds is 5. The molecule has 1 fully saturated rings. The monoisotopic (exact) mass is 328 g/mol. The number of amides is 1. The van der Waals surface area contributed by atoms with Crippen molar-refractivity contribution in [2.75, 3.05) is 39.9 Å². The Morgan fingerprint density at radius 2 is 1.96 bits per heavy atom. The molecule has 1 aliphatic rings. The topological polar surface area (TPSA) is 86.2 Å². The largest absolute Gasteiger partial charge is 0.388 e. The van der Waals surface area contributed by atoms with Gasteiger partial charge in [-0.3, -0.25) is 9.79 Å². The Morgan fingerprint density at radius 3 is 2.48 bits per heavy atom. The van der Waals surface area contributed by atoms with Gasteiger partial charge in [0.1, 0.15) is 0 Å². The van der Waals surface area contributed by atoms with Gasteiger partial charge in [0.05, 0.1) is 18.7 Å². The average molecular weight is 328 g/mol. The number of aliphatic hydroxyl groups is 1. The molecule has 7 heteroatoms. The van der Waals surface area contributed by atoms with E-state index in [1.807, 2.05) is 34.7 Å². The van der Waals surface area contributed by atoms with Gasteiger partial charge in [-0.1, -0.05) is 0 Å². The molecule has 134 valence electrons. The summed E-state index contributed by atoms with van der Waals surface area (Å²) in [7, 11) is 1.82. The van der Waals surface area contributed by atoms with Crippen LogP contribution in [-0.2, 0) is 9.53 Å². The van der Waals surface area contributed by atoms with E-state index in [1.165, 1.54) is 0 Å². The average Bonchev–Trinajstić information content (AvgIpc) is 2.42. The number of nitrogens with one attached hydrogen (secondary N) is 2. The van der Waals surface area contributed by atoms with Crippen molar-refractivity contribution in [2.24, 2.45) is 4.99 Å². The molecule has 0 saturated carbocycles. The van der Waals surface area contributed by atoms with Crippen LogP contribution < -0.4 is 10.6 Å². The highest BCUT2D eigenvalue weighted by molar-refractivity contribution is 5.86. The fourth-order valence-corrected chi connectivity index (χ4v) is 2.35. The molecule has 0 aliphatic carbocycles. The predicted octanol–water partition coefficient (Wildman–Crippen LogP) is 0.340. The SMILES string of the molecule is CCNC(=NCC1(O)CCOCC1)N(C)CC(=O)NC(C)(C)C. The third-order valence-corrected chi connectivity index (χ3v) is 3.54. The molecule has 1 saturated heterocycles. The molecule has 0 aromatic carbocycles. The summed E-state index contributed by atoms with van der Waals surface area (Å²) in [4.78, 5) is 18.3. The molecule has 0 unspecified atom stereocenters. The van der Waals surface area contributed by atoms with Gasteiger partial charge in [0.15, 0.2) is 5.96 Å². The number of hydrogen-bond donors (Lipinski definition) is 3. The highest BCUT2D eigenvalue weighted by Crippen LogP contribution is 2.20. The second-order valence-electron chi connectivity index (χ2n) is 7.16. The lowest BCUT2D eigenvalue weighted by atomic mass is 9.95. The lowest BCUT2D eigenvalue weighted by Gasteiger charge is -2.31. The minimum Gasteiger partial charge on any atom is -0.388 e. The number of aliphatic imine (C=N–C) groups is 1. The highest BCUT2D eigenvalue weighted by atomic mass is 16.5. The van der Waals surface area contributed by atoms with E-state index in [4.69, 9.17) is 4.74 Å². The molecule has 3 N–H and O–H groups in total. The van der Waals surface area contributed by atoms with E-state index in [0.29, 0.717) is 45.1 Å². The Bertz CT molecular complexity index is 412. The zero-order chi connectivity index (χ0) is 17.5. The van der Waals surface area contributed by atoms with Gasteiger partial charge >= 0.3 is 0 Å². The molecule has 1 aliphatic heterocycles. The normalized spacial score (nSPS) is 18.4. The van der Waals surface area contributed by atoms with Gasteiger partial charge in [0.2, 0.25) is 5.91 Å². The molecule has 0 aromatic heterocycles. The molecular weight excluding hydrogens is 296 g/mol. The second-order valence-corrected chi connectivity index (χ2v) is 7.16. The summed E-state index contributed by atoms with van der Waals surface area (Å²) in [5.74, 6) is 0.562. The summed E-state index contributed by atoms with van der Waals surface area (Å²) in [5.41, 5.74) is -1.07. The number of nitrogens with zero attached hydrogens (tertiary/aromatic N) is 2. The Morgan fingerprint density at radius 1 is 1.35 bits per heavy atom. The number of ether oxygens (including phenoxy) is 1.